The molecule has 0 amide bonds. The van der Waals surface area contributed by atoms with Gasteiger partial charge in [-0.1, -0.05) is 30.5 Å². The van der Waals surface area contributed by atoms with Crippen molar-refractivity contribution in [1.29, 1.82) is 0 Å². The van der Waals surface area contributed by atoms with Crippen LogP contribution in [0.2, 0.25) is 11.2 Å². The third-order valence-corrected chi connectivity index (χ3v) is 26.9. The third-order valence-electron chi connectivity index (χ3n) is 2.14. The topological polar surface area (TPSA) is 0 Å². The van der Waals surface area contributed by atoms with Gasteiger partial charge in [-0.15, -0.1) is 0 Å². The summed E-state index contributed by atoms with van der Waals surface area (Å²) in [6, 6.07) is 1.69. The van der Waals surface area contributed by atoms with Crippen LogP contribution in [0.15, 0.2) is 0 Å². The van der Waals surface area contributed by atoms with Gasteiger partial charge >= 0.3 is 0 Å². The Bertz CT molecular complexity index is 90.6. The molecule has 2 heterocycles. The zero-order valence-electron chi connectivity index (χ0n) is 5.91. The fraction of sp³-hybridized carbons (Fsp3) is 1.00. The van der Waals surface area contributed by atoms with Crippen molar-refractivity contribution in [3.8, 4) is 0 Å². The SMILES string of the molecule is C1CC[Si]2[Si][Si][Si][Si]C2C1. The summed E-state index contributed by atoms with van der Waals surface area (Å²) in [7, 11) is 6.00. The summed E-state index contributed by atoms with van der Waals surface area (Å²) < 4.78 is 0. The van der Waals surface area contributed by atoms with E-state index in [9.17, 15) is 0 Å². The second-order valence-electron chi connectivity index (χ2n) is 2.84. The van der Waals surface area contributed by atoms with E-state index in [4.69, 9.17) is 0 Å². The predicted octanol–water partition coefficient (Wildman–Crippen LogP) is 0.0649. The van der Waals surface area contributed by atoms with Crippen molar-refractivity contribution in [2.24, 2.45) is 0 Å². The molecule has 1 unspecified atom stereocenters. The average molecular weight is 210 g/mol. The quantitative estimate of drug-likeness (QED) is 0.495. The van der Waals surface area contributed by atoms with Gasteiger partial charge in [-0.25, -0.2) is 0 Å². The van der Waals surface area contributed by atoms with Gasteiger partial charge in [0, 0.05) is 43.0 Å². The van der Waals surface area contributed by atoms with Crippen LogP contribution in [0.25, 0.3) is 0 Å². The van der Waals surface area contributed by atoms with Gasteiger partial charge in [0.15, 0.2) is 0 Å². The maximum absolute atomic E-state index is 1.69. The molecule has 0 aromatic rings. The number of rotatable bonds is 0. The van der Waals surface area contributed by atoms with E-state index in [0.29, 0.717) is 0 Å². The molecule has 5 heteroatoms. The molecule has 2 saturated heterocycles. The van der Waals surface area contributed by atoms with Crippen LogP contribution < -0.4 is 0 Å². The zero-order chi connectivity index (χ0) is 6.81. The van der Waals surface area contributed by atoms with Crippen LogP contribution in [0.1, 0.15) is 19.3 Å². The highest BCUT2D eigenvalue weighted by molar-refractivity contribution is 7.61. The lowest BCUT2D eigenvalue weighted by molar-refractivity contribution is 0.707. The van der Waals surface area contributed by atoms with Crippen LogP contribution in [0.3, 0.4) is 0 Å². The molecular formula is C5H9Si5. The number of hydrogen-bond acceptors (Lipinski definition) is 0. The molecule has 9 radical (unpaired) electrons. The van der Waals surface area contributed by atoms with Crippen molar-refractivity contribution < 1.29 is 0 Å². The fourth-order valence-electron chi connectivity index (χ4n) is 1.56. The first-order chi connectivity index (χ1) is 4.97. The lowest BCUT2D eigenvalue weighted by Crippen LogP contribution is -2.47. The molecule has 49 valence electrons. The minimum absolute atomic E-state index is 0.270. The van der Waals surface area contributed by atoms with Gasteiger partial charge in [0.1, 0.15) is 0 Å². The standard InChI is InChI=1S/C5H9Si5/c1-2-4-10-5(3-1)6-7-8-9-10/h5H,1-4H2. The van der Waals surface area contributed by atoms with E-state index in [1.54, 1.807) is 25.3 Å². The number of fused-ring (bicyclic) bond motifs is 1. The molecule has 0 aromatic heterocycles. The van der Waals surface area contributed by atoms with Gasteiger partial charge < -0.3 is 0 Å². The van der Waals surface area contributed by atoms with Crippen molar-refractivity contribution in [3.63, 3.8) is 0 Å². The monoisotopic (exact) mass is 209 g/mol. The number of hydrogen-bond donors (Lipinski definition) is 0. The van der Waals surface area contributed by atoms with Crippen molar-refractivity contribution >= 4 is 43.0 Å². The van der Waals surface area contributed by atoms with Crippen molar-refractivity contribution in [2.75, 3.05) is 0 Å². The van der Waals surface area contributed by atoms with Gasteiger partial charge in [0.2, 0.25) is 0 Å². The van der Waals surface area contributed by atoms with E-state index in [-0.39, 0.29) is 8.31 Å². The summed E-state index contributed by atoms with van der Waals surface area (Å²) in [5, 5.41) is 1.32. The molecule has 0 bridgehead atoms. The first-order valence-corrected chi connectivity index (χ1v) is 13.7. The molecule has 0 aliphatic carbocycles. The van der Waals surface area contributed by atoms with Crippen LogP contribution in [-0.2, 0) is 0 Å². The first-order valence-electron chi connectivity index (χ1n) is 3.84. The molecule has 2 aliphatic rings. The van der Waals surface area contributed by atoms with Crippen LogP contribution in [0.4, 0.5) is 0 Å². The van der Waals surface area contributed by atoms with Crippen LogP contribution in [-0.4, -0.2) is 43.0 Å². The van der Waals surface area contributed by atoms with Crippen molar-refractivity contribution in [2.45, 2.75) is 30.5 Å². The van der Waals surface area contributed by atoms with E-state index in [1.807, 2.05) is 0 Å². The smallest absolute Gasteiger partial charge is 0.0301 e. The molecule has 0 spiro atoms. The molecule has 0 saturated carbocycles. The van der Waals surface area contributed by atoms with E-state index < -0.39 is 0 Å². The highest BCUT2D eigenvalue weighted by Gasteiger charge is 2.29. The maximum Gasteiger partial charge on any atom is 0.0301 e. The van der Waals surface area contributed by atoms with Gasteiger partial charge in [-0.05, 0) is 0 Å². The lowest BCUT2D eigenvalue weighted by atomic mass is 10.3. The third kappa shape index (κ3) is 1.63. The second-order valence-corrected chi connectivity index (χ2v) is 19.2. The van der Waals surface area contributed by atoms with E-state index in [1.165, 1.54) is 39.9 Å². The largest absolute Gasteiger partial charge is 0.0617 e. The molecule has 0 nitrogen and oxygen atoms in total. The highest BCUT2D eigenvalue weighted by Crippen LogP contribution is 2.28. The molecular weight excluding hydrogens is 200 g/mol. The Balaban J connectivity index is 1.93. The summed E-state index contributed by atoms with van der Waals surface area (Å²) in [5.41, 5.74) is 0. The minimum Gasteiger partial charge on any atom is -0.0617 e. The van der Waals surface area contributed by atoms with Gasteiger partial charge in [-0.2, -0.15) is 0 Å². The predicted molar refractivity (Wildman–Crippen MR) is 51.2 cm³/mol. The minimum atomic E-state index is 0.270. The Hall–Kier alpha value is 1.08. The van der Waals surface area contributed by atoms with Crippen LogP contribution in [0.5, 0.6) is 0 Å². The maximum atomic E-state index is 1.69. The summed E-state index contributed by atoms with van der Waals surface area (Å²) >= 11 is 0. The Morgan fingerprint density at radius 3 is 3.10 bits per heavy atom. The summed E-state index contributed by atoms with van der Waals surface area (Å²) in [5.74, 6) is 0. The van der Waals surface area contributed by atoms with E-state index in [0.717, 1.165) is 0 Å². The molecule has 1 atom stereocenters. The Labute approximate surface area is 73.6 Å². The van der Waals surface area contributed by atoms with Gasteiger partial charge in [0.25, 0.3) is 0 Å². The lowest BCUT2D eigenvalue weighted by Gasteiger charge is -2.32. The second kappa shape index (κ2) is 3.66. The van der Waals surface area contributed by atoms with E-state index in [2.05, 4.69) is 0 Å². The average Bonchev–Trinajstić information content (AvgIpc) is 2.05. The molecule has 2 rings (SSSR count). The zero-order valence-corrected chi connectivity index (χ0v) is 10.9. The Morgan fingerprint density at radius 1 is 1.20 bits per heavy atom. The summed E-state index contributed by atoms with van der Waals surface area (Å²) in [4.78, 5) is 0. The first kappa shape index (κ1) is 7.72. The normalized spacial score (nSPS) is 35.4. The molecule has 2 fully saturated rings. The summed E-state index contributed by atoms with van der Waals surface area (Å²) in [6.45, 7) is 0. The van der Waals surface area contributed by atoms with Gasteiger partial charge in [0.05, 0.1) is 0 Å². The Kier molecular flexibility index (Phi) is 2.82. The molecule has 2 aliphatic heterocycles. The van der Waals surface area contributed by atoms with Gasteiger partial charge in [-0.3, -0.25) is 0 Å². The van der Waals surface area contributed by atoms with Crippen molar-refractivity contribution in [3.05, 3.63) is 0 Å². The van der Waals surface area contributed by atoms with E-state index >= 15 is 0 Å². The molecule has 0 N–H and O–H groups in total. The fourth-order valence-corrected chi connectivity index (χ4v) is 36.4. The Morgan fingerprint density at radius 2 is 2.20 bits per heavy atom. The summed E-state index contributed by atoms with van der Waals surface area (Å²) in [6.07, 6.45) is 4.80. The van der Waals surface area contributed by atoms with Crippen LogP contribution in [0, 0.1) is 0 Å². The van der Waals surface area contributed by atoms with Crippen LogP contribution >= 0.6 is 0 Å². The highest BCUT2D eigenvalue weighted by atomic mass is 29.8. The molecule has 0 aromatic carbocycles. The molecule has 10 heavy (non-hydrogen) atoms. The van der Waals surface area contributed by atoms with Crippen molar-refractivity contribution in [1.82, 2.24) is 0 Å².